The Morgan fingerprint density at radius 1 is 0.633 bits per heavy atom. The highest BCUT2D eigenvalue weighted by Gasteiger charge is 2.26. The molecule has 0 aliphatic heterocycles. The Kier molecular flexibility index (Phi) is 35.5. The number of aliphatic hydroxyl groups is 2. The molecule has 0 rings (SSSR count). The Morgan fingerprint density at radius 3 is 1.73 bits per heavy atom. The highest BCUT2D eigenvalue weighted by molar-refractivity contribution is 7.47. The second kappa shape index (κ2) is 36.5. The molecule has 0 saturated heterocycles. The normalized spacial score (nSPS) is 14.6. The molecule has 288 valence electrons. The highest BCUT2D eigenvalue weighted by Crippen LogP contribution is 2.43. The van der Waals surface area contributed by atoms with Crippen LogP contribution in [0.25, 0.3) is 0 Å². The van der Waals surface area contributed by atoms with Crippen molar-refractivity contribution in [3.05, 3.63) is 36.5 Å². The fourth-order valence-electron chi connectivity index (χ4n) is 5.03. The zero-order chi connectivity index (χ0) is 36.1. The van der Waals surface area contributed by atoms with Crippen LogP contribution in [0.4, 0.5) is 0 Å². The van der Waals surface area contributed by atoms with Crippen LogP contribution in [-0.4, -0.2) is 66.3 Å². The number of phosphoric acid groups is 1. The summed E-state index contributed by atoms with van der Waals surface area (Å²) in [5, 5.41) is 18.3. The summed E-state index contributed by atoms with van der Waals surface area (Å²) in [4.78, 5) is 22.5. The van der Waals surface area contributed by atoms with Gasteiger partial charge >= 0.3 is 13.8 Å². The Morgan fingerprint density at radius 2 is 1.14 bits per heavy atom. The first-order valence-electron chi connectivity index (χ1n) is 19.5. The summed E-state index contributed by atoms with van der Waals surface area (Å²) in [5.74, 6) is -0.400. The van der Waals surface area contributed by atoms with Gasteiger partial charge in [-0.2, -0.15) is 0 Å². The van der Waals surface area contributed by atoms with E-state index in [9.17, 15) is 19.4 Å². The van der Waals surface area contributed by atoms with E-state index in [0.29, 0.717) is 13.0 Å². The lowest BCUT2D eigenvalue weighted by Crippen LogP contribution is -2.29. The maximum absolute atomic E-state index is 12.5. The minimum absolute atomic E-state index is 0.0395. The maximum atomic E-state index is 12.5. The molecule has 0 fully saturated rings. The van der Waals surface area contributed by atoms with Gasteiger partial charge in [0.05, 0.1) is 26.4 Å². The van der Waals surface area contributed by atoms with Gasteiger partial charge in [0.1, 0.15) is 12.2 Å². The molecule has 0 saturated carbocycles. The molecule has 0 heterocycles. The van der Waals surface area contributed by atoms with Crippen LogP contribution in [0.2, 0.25) is 0 Å². The van der Waals surface area contributed by atoms with Crippen molar-refractivity contribution in [3.8, 4) is 0 Å². The van der Waals surface area contributed by atoms with Crippen LogP contribution in [-0.2, 0) is 27.9 Å². The molecule has 0 bridgehead atoms. The van der Waals surface area contributed by atoms with Crippen LogP contribution in [0.15, 0.2) is 36.5 Å². The van der Waals surface area contributed by atoms with Gasteiger partial charge < -0.3 is 24.6 Å². The molecule has 0 aliphatic carbocycles. The highest BCUT2D eigenvalue weighted by atomic mass is 31.2. The van der Waals surface area contributed by atoms with Gasteiger partial charge in [0.2, 0.25) is 0 Å². The van der Waals surface area contributed by atoms with Gasteiger partial charge in [0, 0.05) is 13.0 Å². The van der Waals surface area contributed by atoms with Crippen molar-refractivity contribution in [2.45, 2.75) is 174 Å². The zero-order valence-corrected chi connectivity index (χ0v) is 32.1. The van der Waals surface area contributed by atoms with Gasteiger partial charge in [-0.25, -0.2) is 4.57 Å². The van der Waals surface area contributed by atoms with Crippen molar-refractivity contribution in [3.63, 3.8) is 0 Å². The lowest BCUT2D eigenvalue weighted by molar-refractivity contribution is -0.154. The van der Waals surface area contributed by atoms with Gasteiger partial charge in [-0.15, -0.1) is 0 Å². The number of hydrogen-bond donors (Lipinski definition) is 3. The van der Waals surface area contributed by atoms with Crippen LogP contribution < -0.4 is 0 Å². The van der Waals surface area contributed by atoms with E-state index in [1.807, 2.05) is 0 Å². The minimum Gasteiger partial charge on any atom is -0.457 e. The van der Waals surface area contributed by atoms with E-state index in [2.05, 4.69) is 50.3 Å². The number of esters is 1. The topological polar surface area (TPSA) is 132 Å². The number of aliphatic hydroxyl groups excluding tert-OH is 2. The maximum Gasteiger partial charge on any atom is 0.472 e. The third-order valence-electron chi connectivity index (χ3n) is 8.03. The van der Waals surface area contributed by atoms with Crippen molar-refractivity contribution in [1.82, 2.24) is 0 Å². The largest absolute Gasteiger partial charge is 0.472 e. The number of hydrogen-bond acceptors (Lipinski definition) is 8. The van der Waals surface area contributed by atoms with E-state index >= 15 is 0 Å². The van der Waals surface area contributed by atoms with Crippen molar-refractivity contribution in [2.75, 3.05) is 33.0 Å². The van der Waals surface area contributed by atoms with Gasteiger partial charge in [-0.1, -0.05) is 127 Å². The number of carbonyl (C=O) groups excluding carboxylic acids is 1. The molecule has 3 unspecified atom stereocenters. The van der Waals surface area contributed by atoms with Gasteiger partial charge in [-0.3, -0.25) is 13.8 Å². The van der Waals surface area contributed by atoms with E-state index in [-0.39, 0.29) is 19.6 Å². The number of carbonyl (C=O) groups is 1. The molecule has 3 N–H and O–H groups in total. The number of unbranched alkanes of at least 4 members (excludes halogenated alkanes) is 17. The van der Waals surface area contributed by atoms with Crippen LogP contribution in [0.3, 0.4) is 0 Å². The second-order valence-electron chi connectivity index (χ2n) is 12.9. The average Bonchev–Trinajstić information content (AvgIpc) is 3.09. The molecule has 0 aromatic rings. The lowest BCUT2D eigenvalue weighted by atomic mass is 10.1. The molecule has 9 nitrogen and oxygen atoms in total. The fraction of sp³-hybridized carbons (Fsp3) is 0.821. The minimum atomic E-state index is -4.52. The summed E-state index contributed by atoms with van der Waals surface area (Å²) in [6.07, 6.45) is 36.7. The molecule has 0 radical (unpaired) electrons. The average molecular weight is 717 g/mol. The van der Waals surface area contributed by atoms with Crippen LogP contribution >= 0.6 is 7.82 Å². The number of ether oxygens (including phenoxy) is 2. The summed E-state index contributed by atoms with van der Waals surface area (Å²) < 4.78 is 33.2. The lowest BCUT2D eigenvalue weighted by Gasteiger charge is -2.20. The summed E-state index contributed by atoms with van der Waals surface area (Å²) in [6, 6.07) is 0. The third kappa shape index (κ3) is 36.3. The standard InChI is InChI=1S/C39H73O9P/c1-3-5-7-9-11-13-15-17-18-20-22-24-26-28-30-32-45-35-38(36-47-49(43,44)46-34-37(41)33-40)48-39(42)31-29-27-25-23-21-19-16-14-12-10-8-6-4-2/h8,10,14-17,37-38,40-41H,3-7,9,11-13,18-36H2,1-2H3,(H,43,44)/b10-8-,16-14-,17-15-. The van der Waals surface area contributed by atoms with E-state index in [0.717, 1.165) is 70.6 Å². The van der Waals surface area contributed by atoms with E-state index < -0.39 is 39.2 Å². The molecule has 0 aromatic carbocycles. The van der Waals surface area contributed by atoms with E-state index in [4.69, 9.17) is 23.6 Å². The number of rotatable bonds is 37. The molecule has 0 amide bonds. The quantitative estimate of drug-likeness (QED) is 0.0249. The predicted octanol–water partition coefficient (Wildman–Crippen LogP) is 10.1. The van der Waals surface area contributed by atoms with Crippen LogP contribution in [0, 0.1) is 0 Å². The molecular formula is C39H73O9P. The Labute approximate surface area is 299 Å². The van der Waals surface area contributed by atoms with E-state index in [1.54, 1.807) is 0 Å². The smallest absolute Gasteiger partial charge is 0.457 e. The summed E-state index contributed by atoms with van der Waals surface area (Å²) in [7, 11) is -4.52. The molecular weight excluding hydrogens is 643 g/mol. The number of allylic oxidation sites excluding steroid dienone is 6. The summed E-state index contributed by atoms with van der Waals surface area (Å²) in [6.45, 7) is 3.40. The molecule has 0 spiro atoms. The Hall–Kier alpha value is -1.32. The fourth-order valence-corrected chi connectivity index (χ4v) is 5.82. The molecule has 10 heteroatoms. The Balaban J connectivity index is 4.25. The van der Waals surface area contributed by atoms with Gasteiger partial charge in [0.15, 0.2) is 0 Å². The third-order valence-corrected chi connectivity index (χ3v) is 8.98. The monoisotopic (exact) mass is 716 g/mol. The molecule has 0 aliphatic rings. The van der Waals surface area contributed by atoms with Crippen molar-refractivity contribution in [2.24, 2.45) is 0 Å². The zero-order valence-electron chi connectivity index (χ0n) is 31.2. The van der Waals surface area contributed by atoms with Crippen molar-refractivity contribution >= 4 is 13.8 Å². The van der Waals surface area contributed by atoms with Crippen molar-refractivity contribution < 1.29 is 43.0 Å². The predicted molar refractivity (Wildman–Crippen MR) is 200 cm³/mol. The molecule has 3 atom stereocenters. The first-order valence-corrected chi connectivity index (χ1v) is 21.0. The van der Waals surface area contributed by atoms with Crippen LogP contribution in [0.1, 0.15) is 162 Å². The first-order chi connectivity index (χ1) is 23.8. The summed E-state index contributed by atoms with van der Waals surface area (Å²) in [5.41, 5.74) is 0. The molecule has 0 aromatic heterocycles. The number of phosphoric ester groups is 1. The summed E-state index contributed by atoms with van der Waals surface area (Å²) >= 11 is 0. The first kappa shape index (κ1) is 47.7. The van der Waals surface area contributed by atoms with Gasteiger partial charge in [0.25, 0.3) is 0 Å². The second-order valence-corrected chi connectivity index (χ2v) is 14.4. The van der Waals surface area contributed by atoms with E-state index in [1.165, 1.54) is 64.2 Å². The molecule has 49 heavy (non-hydrogen) atoms. The van der Waals surface area contributed by atoms with Crippen LogP contribution in [0.5, 0.6) is 0 Å². The van der Waals surface area contributed by atoms with Gasteiger partial charge in [-0.05, 0) is 64.2 Å². The SMILES string of the molecule is CCC/C=C\C/C=C\CCCCCCCC(=O)OC(COCCCCCCCC/C=C\CCCCCCC)COP(=O)(O)OCC(O)CO. The Bertz CT molecular complexity index is 861. The van der Waals surface area contributed by atoms with Crippen molar-refractivity contribution in [1.29, 1.82) is 0 Å².